The van der Waals surface area contributed by atoms with E-state index in [0.717, 1.165) is 42.8 Å². The van der Waals surface area contributed by atoms with Crippen LogP contribution >= 0.6 is 0 Å². The van der Waals surface area contributed by atoms with Gasteiger partial charge in [-0.1, -0.05) is 42.5 Å². The second-order valence-corrected chi connectivity index (χ2v) is 6.75. The van der Waals surface area contributed by atoms with Crippen LogP contribution in [0.2, 0.25) is 0 Å². The Morgan fingerprint density at radius 1 is 0.815 bits per heavy atom. The van der Waals surface area contributed by atoms with Crippen LogP contribution in [0.5, 0.6) is 0 Å². The van der Waals surface area contributed by atoms with Crippen LogP contribution in [0, 0.1) is 13.8 Å². The van der Waals surface area contributed by atoms with Crippen molar-refractivity contribution in [3.63, 3.8) is 0 Å². The topological polar surface area (TPSA) is 32.3 Å². The molecule has 0 unspecified atom stereocenters. The molecule has 0 aliphatic rings. The summed E-state index contributed by atoms with van der Waals surface area (Å²) in [4.78, 5) is 14.1. The van der Waals surface area contributed by atoms with Crippen LogP contribution in [-0.2, 0) is 6.54 Å². The minimum atomic E-state index is 0.754. The third-order valence-electron chi connectivity index (χ3n) is 4.62. The molecule has 4 nitrogen and oxygen atoms in total. The Kier molecular flexibility index (Phi) is 6.07. The number of rotatable bonds is 7. The molecule has 27 heavy (non-hydrogen) atoms. The molecule has 0 aliphatic carbocycles. The average Bonchev–Trinajstić information content (AvgIpc) is 2.67. The van der Waals surface area contributed by atoms with E-state index in [1.807, 2.05) is 13.0 Å². The summed E-state index contributed by atoms with van der Waals surface area (Å²) in [7, 11) is 0. The van der Waals surface area contributed by atoms with Crippen molar-refractivity contribution in [2.24, 2.45) is 0 Å². The van der Waals surface area contributed by atoms with Gasteiger partial charge < -0.3 is 9.80 Å². The Labute approximate surface area is 162 Å². The van der Waals surface area contributed by atoms with Gasteiger partial charge in [-0.25, -0.2) is 4.98 Å². The van der Waals surface area contributed by atoms with E-state index in [4.69, 9.17) is 9.97 Å². The normalized spacial score (nSPS) is 10.7. The Morgan fingerprint density at radius 3 is 2.26 bits per heavy atom. The van der Waals surface area contributed by atoms with Crippen molar-refractivity contribution in [3.05, 3.63) is 77.5 Å². The molecule has 1 aromatic heterocycles. The lowest BCUT2D eigenvalue weighted by Crippen LogP contribution is -2.25. The number of nitrogens with zero attached hydrogens (tertiary/aromatic N) is 4. The molecule has 0 radical (unpaired) electrons. The van der Waals surface area contributed by atoms with Crippen LogP contribution < -0.4 is 9.80 Å². The molecule has 0 bridgehead atoms. The minimum Gasteiger partial charge on any atom is -0.352 e. The Bertz CT molecular complexity index is 877. The number of benzene rings is 2. The molecule has 0 amide bonds. The first kappa shape index (κ1) is 18.9. The zero-order valence-electron chi connectivity index (χ0n) is 16.7. The lowest BCUT2D eigenvalue weighted by Gasteiger charge is -2.26. The summed E-state index contributed by atoms with van der Waals surface area (Å²) in [6.45, 7) is 11.0. The van der Waals surface area contributed by atoms with Crippen molar-refractivity contribution in [2.75, 3.05) is 22.9 Å². The van der Waals surface area contributed by atoms with Gasteiger partial charge in [-0.15, -0.1) is 0 Å². The zero-order chi connectivity index (χ0) is 19.2. The molecule has 0 fully saturated rings. The fraction of sp³-hybridized carbons (Fsp3) is 0.304. The zero-order valence-corrected chi connectivity index (χ0v) is 16.7. The number of hydrogen-bond donors (Lipinski definition) is 0. The van der Waals surface area contributed by atoms with E-state index >= 15 is 0 Å². The van der Waals surface area contributed by atoms with Crippen LogP contribution in [0.3, 0.4) is 0 Å². The van der Waals surface area contributed by atoms with Gasteiger partial charge in [-0.3, -0.25) is 0 Å². The lowest BCUT2D eigenvalue weighted by molar-refractivity contribution is 0.802. The van der Waals surface area contributed by atoms with Crippen LogP contribution in [0.1, 0.15) is 30.7 Å². The molecule has 3 aromatic rings. The van der Waals surface area contributed by atoms with Gasteiger partial charge in [0.15, 0.2) is 0 Å². The largest absolute Gasteiger partial charge is 0.352 e. The molecule has 0 saturated heterocycles. The average molecular weight is 361 g/mol. The predicted molar refractivity (Wildman–Crippen MR) is 114 cm³/mol. The summed E-state index contributed by atoms with van der Waals surface area (Å²) in [5, 5.41) is 0. The van der Waals surface area contributed by atoms with E-state index in [1.54, 1.807) is 0 Å². The van der Waals surface area contributed by atoms with Crippen molar-refractivity contribution < 1.29 is 0 Å². The van der Waals surface area contributed by atoms with E-state index in [-0.39, 0.29) is 0 Å². The van der Waals surface area contributed by atoms with Gasteiger partial charge in [-0.2, -0.15) is 4.98 Å². The highest BCUT2D eigenvalue weighted by molar-refractivity contribution is 5.60. The van der Waals surface area contributed by atoms with E-state index in [0.29, 0.717) is 0 Å². The molecule has 0 saturated carbocycles. The molecular formula is C23H28N4. The molecule has 0 spiro atoms. The minimum absolute atomic E-state index is 0.754. The van der Waals surface area contributed by atoms with Crippen LogP contribution in [0.15, 0.2) is 60.7 Å². The lowest BCUT2D eigenvalue weighted by atomic mass is 10.2. The van der Waals surface area contributed by atoms with Crippen molar-refractivity contribution in [1.82, 2.24) is 9.97 Å². The molecule has 0 aliphatic heterocycles. The maximum absolute atomic E-state index is 4.92. The Morgan fingerprint density at radius 2 is 1.59 bits per heavy atom. The van der Waals surface area contributed by atoms with Crippen LogP contribution in [0.25, 0.3) is 0 Å². The molecule has 1 heterocycles. The third kappa shape index (κ3) is 4.64. The number of aryl methyl sites for hydroxylation is 2. The first-order valence-corrected chi connectivity index (χ1v) is 9.59. The number of anilines is 3. The Balaban J connectivity index is 1.94. The van der Waals surface area contributed by atoms with Crippen LogP contribution in [0.4, 0.5) is 17.5 Å². The van der Waals surface area contributed by atoms with Crippen LogP contribution in [-0.4, -0.2) is 23.1 Å². The quantitative estimate of drug-likeness (QED) is 0.574. The van der Waals surface area contributed by atoms with Gasteiger partial charge in [0.2, 0.25) is 5.95 Å². The summed E-state index contributed by atoms with van der Waals surface area (Å²) in [6.07, 6.45) is 0. The van der Waals surface area contributed by atoms with Gasteiger partial charge in [0.25, 0.3) is 0 Å². The van der Waals surface area contributed by atoms with Gasteiger partial charge in [0.1, 0.15) is 5.82 Å². The van der Waals surface area contributed by atoms with Crippen molar-refractivity contribution in [2.45, 2.75) is 34.2 Å². The van der Waals surface area contributed by atoms with E-state index in [9.17, 15) is 0 Å². The molecular weight excluding hydrogens is 332 g/mol. The summed E-state index contributed by atoms with van der Waals surface area (Å²) in [5.74, 6) is 1.72. The predicted octanol–water partition coefficient (Wildman–Crippen LogP) is 5.28. The second kappa shape index (κ2) is 8.67. The van der Waals surface area contributed by atoms with Crippen molar-refractivity contribution in [3.8, 4) is 0 Å². The van der Waals surface area contributed by atoms with Gasteiger partial charge in [0.05, 0.1) is 0 Å². The van der Waals surface area contributed by atoms with Gasteiger partial charge in [0, 0.05) is 37.1 Å². The first-order valence-electron chi connectivity index (χ1n) is 9.59. The number of hydrogen-bond acceptors (Lipinski definition) is 4. The van der Waals surface area contributed by atoms with Crippen molar-refractivity contribution >= 4 is 17.5 Å². The highest BCUT2D eigenvalue weighted by Crippen LogP contribution is 2.26. The third-order valence-corrected chi connectivity index (χ3v) is 4.62. The summed E-state index contributed by atoms with van der Waals surface area (Å²) >= 11 is 0. The van der Waals surface area contributed by atoms with Crippen molar-refractivity contribution in [1.29, 1.82) is 0 Å². The maximum atomic E-state index is 4.92. The maximum Gasteiger partial charge on any atom is 0.232 e. The molecule has 140 valence electrons. The Hall–Kier alpha value is -2.88. The molecule has 0 N–H and O–H groups in total. The highest BCUT2D eigenvalue weighted by atomic mass is 15.3. The van der Waals surface area contributed by atoms with Gasteiger partial charge >= 0.3 is 0 Å². The van der Waals surface area contributed by atoms with E-state index < -0.39 is 0 Å². The van der Waals surface area contributed by atoms with Gasteiger partial charge in [-0.05, 0) is 51.0 Å². The molecule has 4 heteroatoms. The molecule has 3 rings (SSSR count). The fourth-order valence-corrected chi connectivity index (χ4v) is 3.21. The monoisotopic (exact) mass is 360 g/mol. The number of aromatic nitrogens is 2. The highest BCUT2D eigenvalue weighted by Gasteiger charge is 2.15. The summed E-state index contributed by atoms with van der Waals surface area (Å²) in [6, 6.07) is 21.1. The standard InChI is InChI=1S/C23H28N4/c1-5-26(17-20-12-8-7-9-13-20)22-16-19(4)24-23(25-22)27(6-2)21-14-10-11-18(3)15-21/h7-16H,5-6,17H2,1-4H3. The fourth-order valence-electron chi connectivity index (χ4n) is 3.21. The first-order chi connectivity index (χ1) is 13.1. The SMILES string of the molecule is CCN(Cc1ccccc1)c1cc(C)nc(N(CC)c2cccc(C)c2)n1. The summed E-state index contributed by atoms with van der Waals surface area (Å²) < 4.78 is 0. The molecule has 2 aromatic carbocycles. The second-order valence-electron chi connectivity index (χ2n) is 6.75. The van der Waals surface area contributed by atoms with E-state index in [1.165, 1.54) is 11.1 Å². The molecule has 0 atom stereocenters. The smallest absolute Gasteiger partial charge is 0.232 e. The van der Waals surface area contributed by atoms with E-state index in [2.05, 4.69) is 85.2 Å². The summed E-state index contributed by atoms with van der Waals surface area (Å²) in [5.41, 5.74) is 4.62.